The molecular weight excluding hydrogens is 508 g/mol. The smallest absolute Gasteiger partial charge is 0.305 e. The number of methoxy groups -OCH3 is 1. The van der Waals surface area contributed by atoms with E-state index in [-0.39, 0.29) is 42.2 Å². The molecule has 2 aromatic rings. The van der Waals surface area contributed by atoms with E-state index in [9.17, 15) is 34.4 Å². The summed E-state index contributed by atoms with van der Waals surface area (Å²) in [5, 5.41) is 23.4. The molecule has 1 aliphatic heterocycles. The Morgan fingerprint density at radius 3 is 2.38 bits per heavy atom. The molecule has 2 atom stereocenters. The summed E-state index contributed by atoms with van der Waals surface area (Å²) in [6, 6.07) is 10.5. The molecule has 208 valence electrons. The Balaban J connectivity index is 1.98. The van der Waals surface area contributed by atoms with Gasteiger partial charge in [0, 0.05) is 37.2 Å². The monoisotopic (exact) mass is 540 g/mol. The minimum Gasteiger partial charge on any atom is -0.497 e. The van der Waals surface area contributed by atoms with Crippen LogP contribution in [0.4, 0.5) is 5.69 Å². The van der Waals surface area contributed by atoms with Gasteiger partial charge in [-0.05, 0) is 29.2 Å². The second-order valence-corrected chi connectivity index (χ2v) is 10.4. The fraction of sp³-hybridized carbons (Fsp3) is 0.407. The van der Waals surface area contributed by atoms with Crippen molar-refractivity contribution >= 4 is 29.4 Å². The third-order valence-corrected chi connectivity index (χ3v) is 6.16. The number of hydrogen-bond donors (Lipinski definition) is 2. The number of hydrogen-bond acceptors (Lipinski definition) is 7. The number of non-ortho nitro benzene ring substituents is 1. The topological polar surface area (TPSA) is 159 Å². The molecule has 0 aromatic heterocycles. The number of rotatable bonds is 9. The average Bonchev–Trinajstić information content (AvgIpc) is 3.32. The molecule has 39 heavy (non-hydrogen) atoms. The Labute approximate surface area is 225 Å². The highest BCUT2D eigenvalue weighted by Crippen LogP contribution is 2.27. The number of carboxylic acid groups (broad SMARTS) is 1. The lowest BCUT2D eigenvalue weighted by Crippen LogP contribution is -2.54. The molecule has 2 N–H and O–H groups in total. The number of nitrogens with zero attached hydrogens (tertiary/aromatic N) is 3. The second-order valence-electron chi connectivity index (χ2n) is 10.4. The average molecular weight is 541 g/mol. The lowest BCUT2D eigenvalue weighted by molar-refractivity contribution is -0.384. The molecule has 2 unspecified atom stereocenters. The van der Waals surface area contributed by atoms with E-state index in [2.05, 4.69) is 5.32 Å². The van der Waals surface area contributed by atoms with Gasteiger partial charge in [0.1, 0.15) is 5.75 Å². The number of amides is 3. The van der Waals surface area contributed by atoms with Gasteiger partial charge < -0.3 is 25.0 Å². The molecule has 1 fully saturated rings. The number of carbonyl (C=O) groups is 4. The number of nitro benzene ring substituents is 1. The third kappa shape index (κ3) is 7.30. The largest absolute Gasteiger partial charge is 0.497 e. The van der Waals surface area contributed by atoms with Crippen molar-refractivity contribution in [3.63, 3.8) is 0 Å². The van der Waals surface area contributed by atoms with Crippen LogP contribution in [-0.2, 0) is 14.4 Å². The molecule has 12 heteroatoms. The van der Waals surface area contributed by atoms with E-state index >= 15 is 0 Å². The van der Waals surface area contributed by atoms with Crippen molar-refractivity contribution in [3.05, 3.63) is 69.8 Å². The first-order chi connectivity index (χ1) is 18.3. The molecule has 3 amide bonds. The lowest BCUT2D eigenvalue weighted by Gasteiger charge is -2.32. The normalized spacial score (nSPS) is 15.9. The molecule has 12 nitrogen and oxygen atoms in total. The van der Waals surface area contributed by atoms with Gasteiger partial charge in [-0.25, -0.2) is 0 Å². The molecule has 1 heterocycles. The van der Waals surface area contributed by atoms with Crippen LogP contribution in [0.2, 0.25) is 0 Å². The summed E-state index contributed by atoms with van der Waals surface area (Å²) in [5.41, 5.74) is -0.207. The van der Waals surface area contributed by atoms with Crippen LogP contribution in [0.1, 0.15) is 55.6 Å². The Hall–Kier alpha value is -4.48. The van der Waals surface area contributed by atoms with E-state index in [1.807, 2.05) is 20.8 Å². The third-order valence-electron chi connectivity index (χ3n) is 6.16. The number of nitrogens with one attached hydrogen (secondary N) is 1. The maximum Gasteiger partial charge on any atom is 0.305 e. The van der Waals surface area contributed by atoms with E-state index < -0.39 is 46.8 Å². The molecule has 0 radical (unpaired) electrons. The van der Waals surface area contributed by atoms with Gasteiger partial charge in [0.2, 0.25) is 5.91 Å². The quantitative estimate of drug-likeness (QED) is 0.363. The number of aliphatic carboxylic acids is 1. The van der Waals surface area contributed by atoms with E-state index in [4.69, 9.17) is 4.74 Å². The van der Waals surface area contributed by atoms with Crippen LogP contribution >= 0.6 is 0 Å². The zero-order valence-electron chi connectivity index (χ0n) is 22.2. The summed E-state index contributed by atoms with van der Waals surface area (Å²) in [4.78, 5) is 65.3. The highest BCUT2D eigenvalue weighted by molar-refractivity contribution is 5.99. The van der Waals surface area contributed by atoms with E-state index in [1.165, 1.54) is 47.2 Å². The molecule has 0 spiro atoms. The van der Waals surface area contributed by atoms with Crippen LogP contribution in [0.3, 0.4) is 0 Å². The summed E-state index contributed by atoms with van der Waals surface area (Å²) in [6.07, 6.45) is -1.81. The van der Waals surface area contributed by atoms with E-state index in [0.29, 0.717) is 5.75 Å². The minimum absolute atomic E-state index is 0.0738. The fourth-order valence-electron chi connectivity index (χ4n) is 4.39. The minimum atomic E-state index is -1.35. The Morgan fingerprint density at radius 1 is 1.10 bits per heavy atom. The van der Waals surface area contributed by atoms with Crippen LogP contribution in [-0.4, -0.2) is 69.9 Å². The van der Waals surface area contributed by atoms with Crippen molar-refractivity contribution in [2.75, 3.05) is 20.2 Å². The van der Waals surface area contributed by atoms with Crippen molar-refractivity contribution in [2.24, 2.45) is 5.41 Å². The van der Waals surface area contributed by atoms with Gasteiger partial charge in [-0.1, -0.05) is 39.0 Å². The molecule has 0 aliphatic carbocycles. The highest BCUT2D eigenvalue weighted by Gasteiger charge is 2.44. The van der Waals surface area contributed by atoms with Crippen LogP contribution in [0.25, 0.3) is 0 Å². The number of benzene rings is 2. The maximum atomic E-state index is 13.7. The number of ether oxygens (including phenoxy) is 1. The van der Waals surface area contributed by atoms with Gasteiger partial charge in [0.05, 0.1) is 24.5 Å². The van der Waals surface area contributed by atoms with Crippen LogP contribution in [0.5, 0.6) is 5.75 Å². The Kier molecular flexibility index (Phi) is 8.89. The highest BCUT2D eigenvalue weighted by atomic mass is 16.6. The summed E-state index contributed by atoms with van der Waals surface area (Å²) in [5.74, 6) is -2.43. The number of nitro groups is 1. The van der Waals surface area contributed by atoms with Crippen molar-refractivity contribution in [1.29, 1.82) is 0 Å². The van der Waals surface area contributed by atoms with E-state index in [0.717, 1.165) is 0 Å². The Bertz CT molecular complexity index is 1270. The second kappa shape index (κ2) is 11.9. The maximum absolute atomic E-state index is 13.7. The van der Waals surface area contributed by atoms with Gasteiger partial charge in [-0.15, -0.1) is 0 Å². The van der Waals surface area contributed by atoms with Crippen molar-refractivity contribution < 1.29 is 33.9 Å². The molecule has 2 aromatic carbocycles. The van der Waals surface area contributed by atoms with Gasteiger partial charge in [-0.2, -0.15) is 0 Å². The number of carbonyl (C=O) groups excluding carboxylic acids is 3. The molecule has 3 rings (SSSR count). The van der Waals surface area contributed by atoms with Crippen LogP contribution in [0.15, 0.2) is 48.5 Å². The molecule has 1 aliphatic rings. The zero-order chi connectivity index (χ0) is 28.9. The summed E-state index contributed by atoms with van der Waals surface area (Å²) < 4.78 is 5.20. The van der Waals surface area contributed by atoms with Gasteiger partial charge >= 0.3 is 5.97 Å². The SMILES string of the molecule is COc1cccc(C(=O)N2CCN(C(=O)CC(C)(C)C)C2C(=O)NC(CC(=O)O)c2cccc([N+](=O)[O-])c2)c1. The first-order valence-electron chi connectivity index (χ1n) is 12.3. The predicted molar refractivity (Wildman–Crippen MR) is 140 cm³/mol. The first kappa shape index (κ1) is 29.1. The lowest BCUT2D eigenvalue weighted by atomic mass is 9.91. The summed E-state index contributed by atoms with van der Waals surface area (Å²) in [7, 11) is 1.46. The summed E-state index contributed by atoms with van der Waals surface area (Å²) in [6.45, 7) is 5.80. The molecular formula is C27H32N4O8. The fourth-order valence-corrected chi connectivity index (χ4v) is 4.39. The van der Waals surface area contributed by atoms with Gasteiger partial charge in [-0.3, -0.25) is 29.3 Å². The van der Waals surface area contributed by atoms with Crippen molar-refractivity contribution in [1.82, 2.24) is 15.1 Å². The molecule has 0 bridgehead atoms. The Morgan fingerprint density at radius 2 is 1.77 bits per heavy atom. The van der Waals surface area contributed by atoms with Gasteiger partial charge in [0.25, 0.3) is 17.5 Å². The summed E-state index contributed by atoms with van der Waals surface area (Å²) >= 11 is 0. The molecule has 1 saturated heterocycles. The van der Waals surface area contributed by atoms with Crippen LogP contribution < -0.4 is 10.1 Å². The molecule has 0 saturated carbocycles. The van der Waals surface area contributed by atoms with Crippen molar-refractivity contribution in [2.45, 2.75) is 45.8 Å². The standard InChI is InChI=1S/C27H32N4O8/c1-27(2,3)16-22(32)29-11-12-30(26(36)18-8-6-10-20(14-18)39-4)25(29)24(35)28-21(15-23(33)34)17-7-5-9-19(13-17)31(37)38/h5-10,13-14,21,25H,11-12,15-16H2,1-4H3,(H,28,35)(H,33,34). The zero-order valence-corrected chi connectivity index (χ0v) is 22.2. The van der Waals surface area contributed by atoms with E-state index in [1.54, 1.807) is 18.2 Å². The van der Waals surface area contributed by atoms with Crippen molar-refractivity contribution in [3.8, 4) is 5.75 Å². The number of carboxylic acids is 1. The first-order valence-corrected chi connectivity index (χ1v) is 12.3. The van der Waals surface area contributed by atoms with Crippen LogP contribution in [0, 0.1) is 15.5 Å². The predicted octanol–water partition coefficient (Wildman–Crippen LogP) is 2.98. The van der Waals surface area contributed by atoms with Gasteiger partial charge in [0.15, 0.2) is 6.17 Å².